The van der Waals surface area contributed by atoms with Gasteiger partial charge in [0.05, 0.1) is 31.4 Å². The van der Waals surface area contributed by atoms with Gasteiger partial charge in [0.1, 0.15) is 12.1 Å². The number of amides is 3. The maximum absolute atomic E-state index is 12.7. The largest absolute Gasteiger partial charge is 0.480 e. The van der Waals surface area contributed by atoms with E-state index in [-0.39, 0.29) is 12.8 Å². The summed E-state index contributed by atoms with van der Waals surface area (Å²) in [5.74, 6) is -4.01. The third-order valence-electron chi connectivity index (χ3n) is 4.81. The van der Waals surface area contributed by atoms with Crippen LogP contribution < -0.4 is 21.7 Å². The van der Waals surface area contributed by atoms with E-state index >= 15 is 0 Å². The number of aliphatic carboxylic acids is 1. The molecule has 186 valence electrons. The Kier molecular flexibility index (Phi) is 9.66. The molecule has 0 aromatic carbocycles. The summed E-state index contributed by atoms with van der Waals surface area (Å²) in [6.45, 7) is 0.392. The van der Waals surface area contributed by atoms with Crippen LogP contribution >= 0.6 is 0 Å². The Morgan fingerprint density at radius 1 is 0.941 bits per heavy atom. The number of carbonyl (C=O) groups excluding carboxylic acids is 3. The van der Waals surface area contributed by atoms with Crippen LogP contribution in [-0.2, 0) is 32.0 Å². The quantitative estimate of drug-likeness (QED) is 0.135. The third kappa shape index (κ3) is 7.65. The first-order valence-electron chi connectivity index (χ1n) is 10.2. The number of aliphatic hydroxyl groups is 2. The highest BCUT2D eigenvalue weighted by Crippen LogP contribution is 2.03. The van der Waals surface area contributed by atoms with Crippen LogP contribution in [0, 0.1) is 0 Å². The van der Waals surface area contributed by atoms with E-state index in [0.29, 0.717) is 11.4 Å². The van der Waals surface area contributed by atoms with Gasteiger partial charge in [0.25, 0.3) is 0 Å². The number of rotatable bonds is 13. The SMILES string of the molecule is CC(O)C(NC(=O)C(Cc1cnc[nH]1)NC(=O)C(CO)NC(=O)C(N)Cc1cnc[nH]1)C(=O)O. The minimum Gasteiger partial charge on any atom is -0.480 e. The number of nitrogens with one attached hydrogen (secondary N) is 5. The smallest absolute Gasteiger partial charge is 0.328 e. The number of carboxylic acids is 1. The van der Waals surface area contributed by atoms with Crippen molar-refractivity contribution in [2.75, 3.05) is 6.61 Å². The number of aromatic amines is 2. The molecule has 0 aliphatic carbocycles. The van der Waals surface area contributed by atoms with Crippen LogP contribution in [-0.4, -0.2) is 95.8 Å². The van der Waals surface area contributed by atoms with E-state index < -0.39 is 60.6 Å². The van der Waals surface area contributed by atoms with Gasteiger partial charge in [-0.15, -0.1) is 0 Å². The van der Waals surface area contributed by atoms with Gasteiger partial charge in [-0.1, -0.05) is 0 Å². The summed E-state index contributed by atoms with van der Waals surface area (Å²) in [6, 6.07) is -5.43. The molecule has 5 unspecified atom stereocenters. The van der Waals surface area contributed by atoms with Crippen molar-refractivity contribution < 1.29 is 34.5 Å². The number of nitrogens with zero attached hydrogens (tertiary/aromatic N) is 2. The van der Waals surface area contributed by atoms with Gasteiger partial charge < -0.3 is 47.0 Å². The van der Waals surface area contributed by atoms with E-state index in [4.69, 9.17) is 5.73 Å². The Morgan fingerprint density at radius 2 is 1.47 bits per heavy atom. The van der Waals surface area contributed by atoms with E-state index in [1.165, 1.54) is 32.0 Å². The van der Waals surface area contributed by atoms with Crippen LogP contribution in [0.3, 0.4) is 0 Å². The molecule has 0 saturated heterocycles. The Hall–Kier alpha value is -3.82. The van der Waals surface area contributed by atoms with Crippen LogP contribution in [0.15, 0.2) is 25.0 Å². The molecule has 15 heteroatoms. The summed E-state index contributed by atoms with van der Waals surface area (Å²) < 4.78 is 0. The number of aliphatic hydroxyl groups excluding tert-OH is 2. The Bertz CT molecular complexity index is 948. The molecule has 0 radical (unpaired) electrons. The van der Waals surface area contributed by atoms with Crippen LogP contribution in [0.2, 0.25) is 0 Å². The third-order valence-corrected chi connectivity index (χ3v) is 4.81. The van der Waals surface area contributed by atoms with Gasteiger partial charge >= 0.3 is 5.97 Å². The van der Waals surface area contributed by atoms with Crippen LogP contribution in [0.4, 0.5) is 0 Å². The molecule has 2 aromatic rings. The van der Waals surface area contributed by atoms with Crippen LogP contribution in [0.5, 0.6) is 0 Å². The minimum atomic E-state index is -1.62. The average molecular weight is 480 g/mol. The fourth-order valence-electron chi connectivity index (χ4n) is 2.94. The molecule has 2 heterocycles. The summed E-state index contributed by atoms with van der Waals surface area (Å²) in [7, 11) is 0. The lowest BCUT2D eigenvalue weighted by atomic mass is 10.1. The summed E-state index contributed by atoms with van der Waals surface area (Å²) in [6.07, 6.45) is 4.23. The van der Waals surface area contributed by atoms with Crippen molar-refractivity contribution in [3.8, 4) is 0 Å². The molecule has 0 saturated carbocycles. The zero-order chi connectivity index (χ0) is 25.3. The van der Waals surface area contributed by atoms with Crippen LogP contribution in [0.1, 0.15) is 18.3 Å². The second-order valence-corrected chi connectivity index (χ2v) is 7.54. The van der Waals surface area contributed by atoms with Gasteiger partial charge in [0.15, 0.2) is 6.04 Å². The molecule has 10 N–H and O–H groups in total. The topological polar surface area (TPSA) is 248 Å². The molecule has 2 rings (SSSR count). The van der Waals surface area contributed by atoms with Crippen molar-refractivity contribution in [3.63, 3.8) is 0 Å². The molecule has 5 atom stereocenters. The number of nitrogens with two attached hydrogens (primary N) is 1. The van der Waals surface area contributed by atoms with E-state index in [1.54, 1.807) is 0 Å². The Morgan fingerprint density at radius 3 is 1.94 bits per heavy atom. The van der Waals surface area contributed by atoms with Gasteiger partial charge in [-0.3, -0.25) is 14.4 Å². The summed E-state index contributed by atoms with van der Waals surface area (Å²) >= 11 is 0. The van der Waals surface area contributed by atoms with E-state index in [9.17, 15) is 34.5 Å². The molecular weight excluding hydrogens is 452 g/mol. The summed E-state index contributed by atoms with van der Waals surface area (Å²) in [4.78, 5) is 62.3. The second-order valence-electron chi connectivity index (χ2n) is 7.54. The normalized spacial score (nSPS) is 15.4. The number of H-pyrrole nitrogens is 2. The monoisotopic (exact) mass is 480 g/mol. The van der Waals surface area contributed by atoms with Gasteiger partial charge in [0.2, 0.25) is 17.7 Å². The molecule has 2 aromatic heterocycles. The molecule has 0 aliphatic heterocycles. The lowest BCUT2D eigenvalue weighted by Gasteiger charge is -2.25. The highest BCUT2D eigenvalue weighted by Gasteiger charge is 2.32. The number of aromatic nitrogens is 4. The fraction of sp³-hybridized carbons (Fsp3) is 0.474. The first kappa shape index (κ1) is 26.4. The molecule has 15 nitrogen and oxygen atoms in total. The van der Waals surface area contributed by atoms with E-state index in [0.717, 1.165) is 0 Å². The molecule has 0 bridgehead atoms. The van der Waals surface area contributed by atoms with Crippen LogP contribution in [0.25, 0.3) is 0 Å². The Labute approximate surface area is 193 Å². The fourth-order valence-corrected chi connectivity index (χ4v) is 2.94. The van der Waals surface area contributed by atoms with Crippen molar-refractivity contribution in [1.82, 2.24) is 35.9 Å². The minimum absolute atomic E-state index is 0.104. The molecule has 0 aliphatic rings. The number of carboxylic acid groups (broad SMARTS) is 1. The standard InChI is InChI=1S/C19H28N8O7/c1-9(29)15(19(33)34)27-17(31)13(3-11-5-22-8-24-11)25-18(32)14(6-28)26-16(30)12(20)2-10-4-21-7-23-10/h4-5,7-9,12-15,28-29H,2-3,6,20H2,1H3,(H,21,23)(H,22,24)(H,25,32)(H,26,30)(H,27,31)(H,33,34). The predicted molar refractivity (Wildman–Crippen MR) is 115 cm³/mol. The molecule has 34 heavy (non-hydrogen) atoms. The first-order chi connectivity index (χ1) is 16.1. The zero-order valence-electron chi connectivity index (χ0n) is 18.3. The maximum Gasteiger partial charge on any atom is 0.328 e. The number of hydrogen-bond donors (Lipinski definition) is 9. The summed E-state index contributed by atoms with van der Waals surface area (Å²) in [5, 5.41) is 35.3. The van der Waals surface area contributed by atoms with Crippen molar-refractivity contribution in [1.29, 1.82) is 0 Å². The number of imidazole rings is 2. The maximum atomic E-state index is 12.7. The molecular formula is C19H28N8O7. The molecule has 0 spiro atoms. The van der Waals surface area contributed by atoms with Gasteiger partial charge in [-0.05, 0) is 6.92 Å². The van der Waals surface area contributed by atoms with Crippen molar-refractivity contribution in [2.24, 2.45) is 5.73 Å². The highest BCUT2D eigenvalue weighted by molar-refractivity contribution is 5.94. The van der Waals surface area contributed by atoms with E-state index in [2.05, 4.69) is 35.9 Å². The highest BCUT2D eigenvalue weighted by atomic mass is 16.4. The van der Waals surface area contributed by atoms with Gasteiger partial charge in [-0.2, -0.15) is 0 Å². The molecule has 3 amide bonds. The zero-order valence-corrected chi connectivity index (χ0v) is 18.3. The average Bonchev–Trinajstić information content (AvgIpc) is 3.48. The van der Waals surface area contributed by atoms with Gasteiger partial charge in [-0.25, -0.2) is 14.8 Å². The van der Waals surface area contributed by atoms with Crippen molar-refractivity contribution in [3.05, 3.63) is 36.4 Å². The first-order valence-corrected chi connectivity index (χ1v) is 10.2. The Balaban J connectivity index is 2.08. The van der Waals surface area contributed by atoms with E-state index in [1.807, 2.05) is 0 Å². The van der Waals surface area contributed by atoms with Crippen molar-refractivity contribution in [2.45, 2.75) is 50.0 Å². The molecule has 0 fully saturated rings. The lowest BCUT2D eigenvalue weighted by Crippen LogP contribution is -2.59. The van der Waals surface area contributed by atoms with Gasteiger partial charge in [0, 0.05) is 36.6 Å². The summed E-state index contributed by atoms with van der Waals surface area (Å²) in [5.41, 5.74) is 6.87. The second kappa shape index (κ2) is 12.4. The lowest BCUT2D eigenvalue weighted by molar-refractivity contribution is -0.145. The predicted octanol–water partition coefficient (Wildman–Crippen LogP) is -3.84. The number of hydrogen-bond acceptors (Lipinski definition) is 9. The number of carbonyl (C=O) groups is 4. The van der Waals surface area contributed by atoms with Crippen molar-refractivity contribution >= 4 is 23.7 Å².